The molecule has 0 heterocycles. The zero-order valence-electron chi connectivity index (χ0n) is 20.5. The van der Waals surface area contributed by atoms with Crippen molar-refractivity contribution >= 4 is 72.2 Å². The molecule has 38 heavy (non-hydrogen) atoms. The van der Waals surface area contributed by atoms with Gasteiger partial charge in [-0.1, -0.05) is 115 Å². The van der Waals surface area contributed by atoms with Gasteiger partial charge in [-0.3, -0.25) is 0 Å². The van der Waals surface area contributed by atoms with E-state index in [2.05, 4.69) is 60.7 Å². The Morgan fingerprint density at radius 1 is 0.421 bits per heavy atom. The summed E-state index contributed by atoms with van der Waals surface area (Å²) in [5.41, 5.74) is 0. The lowest BCUT2D eigenvalue weighted by Gasteiger charge is -2.30. The van der Waals surface area contributed by atoms with Crippen LogP contribution in [0.25, 0.3) is 43.1 Å². The van der Waals surface area contributed by atoms with E-state index in [1.165, 1.54) is 6.07 Å². The van der Waals surface area contributed by atoms with Gasteiger partial charge in [0.15, 0.2) is 11.6 Å². The summed E-state index contributed by atoms with van der Waals surface area (Å²) in [5.74, 6) is -1.68. The molecule has 7 rings (SSSR count). The highest BCUT2D eigenvalue weighted by Crippen LogP contribution is 2.48. The van der Waals surface area contributed by atoms with Crippen LogP contribution in [-0.4, -0.2) is 6.30 Å². The number of hydrogen-bond donors (Lipinski definition) is 0. The molecule has 0 nitrogen and oxygen atoms in total. The molecule has 0 saturated carbocycles. The highest BCUT2D eigenvalue weighted by atomic mass is 31.2. The van der Waals surface area contributed by atoms with Gasteiger partial charge in [-0.2, -0.15) is 0 Å². The molecule has 3 heteroatoms. The normalized spacial score (nSPS) is 12.1. The number of rotatable bonds is 3. The van der Waals surface area contributed by atoms with E-state index < -0.39 is 18.5 Å². The van der Waals surface area contributed by atoms with Crippen molar-refractivity contribution in [1.29, 1.82) is 0 Å². The summed E-state index contributed by atoms with van der Waals surface area (Å²) in [5, 5.41) is 10.7. The van der Waals surface area contributed by atoms with Crippen LogP contribution in [0.5, 0.6) is 0 Å². The van der Waals surface area contributed by atoms with Gasteiger partial charge >= 0.3 is 0 Å². The quantitative estimate of drug-likeness (QED) is 0.165. The summed E-state index contributed by atoms with van der Waals surface area (Å²) in [7, 11) is 0. The second kappa shape index (κ2) is 8.65. The van der Waals surface area contributed by atoms with Crippen LogP contribution in [0.1, 0.15) is 0 Å². The van der Waals surface area contributed by atoms with E-state index >= 15 is 4.39 Å². The van der Waals surface area contributed by atoms with Crippen LogP contribution >= 0.6 is 6.89 Å². The molecule has 0 unspecified atom stereocenters. The molecule has 0 fully saturated rings. The topological polar surface area (TPSA) is 0 Å². The lowest BCUT2D eigenvalue weighted by atomic mass is 10.0. The first-order valence-electron chi connectivity index (χ1n) is 12.6. The predicted octanol–water partition coefficient (Wildman–Crippen LogP) is 8.30. The van der Waals surface area contributed by atoms with Gasteiger partial charge in [0.05, 0.1) is 0 Å². The maximum atomic E-state index is 15.9. The van der Waals surface area contributed by atoms with Crippen molar-refractivity contribution in [3.63, 3.8) is 0 Å². The second-order valence-electron chi connectivity index (χ2n) is 9.71. The zero-order chi connectivity index (χ0) is 25.9. The lowest BCUT2D eigenvalue weighted by molar-refractivity contribution is 0.514. The molecule has 0 spiro atoms. The van der Waals surface area contributed by atoms with E-state index in [1.807, 2.05) is 48.5 Å². The van der Waals surface area contributed by atoms with Crippen molar-refractivity contribution in [3.8, 4) is 0 Å². The SMILES string of the molecule is C=P(c1cccc(F)c1F)(c1cc2ccccc2c2ccccc12)c1cc2ccccc2c2ccccc12. The van der Waals surface area contributed by atoms with Crippen LogP contribution < -0.4 is 15.9 Å². The van der Waals surface area contributed by atoms with Gasteiger partial charge < -0.3 is 0 Å². The first-order chi connectivity index (χ1) is 18.6. The van der Waals surface area contributed by atoms with Crippen LogP contribution in [0.2, 0.25) is 0 Å². The molecule has 0 aliphatic rings. The van der Waals surface area contributed by atoms with Crippen molar-refractivity contribution in [2.75, 3.05) is 0 Å². The van der Waals surface area contributed by atoms with Crippen molar-refractivity contribution in [3.05, 3.63) is 139 Å². The number of halogens is 2. The minimum atomic E-state index is -2.96. The molecule has 0 saturated heterocycles. The van der Waals surface area contributed by atoms with E-state index in [0.29, 0.717) is 5.30 Å². The number of hydrogen-bond acceptors (Lipinski definition) is 0. The fourth-order valence-corrected chi connectivity index (χ4v) is 9.37. The van der Waals surface area contributed by atoms with Crippen LogP contribution in [0.15, 0.2) is 127 Å². The summed E-state index contributed by atoms with van der Waals surface area (Å²) in [6.07, 6.45) is 4.90. The maximum Gasteiger partial charge on any atom is 0.167 e. The molecule has 0 bridgehead atoms. The fourth-order valence-electron chi connectivity index (χ4n) is 5.88. The molecular formula is C35H23F2P. The Kier molecular flexibility index (Phi) is 5.21. The molecule has 0 aliphatic heterocycles. The Hall–Kier alpha value is -4.26. The number of fused-ring (bicyclic) bond motifs is 6. The molecule has 0 radical (unpaired) electrons. The average Bonchev–Trinajstić information content (AvgIpc) is 2.97. The molecule has 7 aromatic rings. The van der Waals surface area contributed by atoms with Gasteiger partial charge in [-0.05, 0) is 78.8 Å². The maximum absolute atomic E-state index is 15.9. The van der Waals surface area contributed by atoms with E-state index in [9.17, 15) is 4.39 Å². The summed E-state index contributed by atoms with van der Waals surface area (Å²) in [6.45, 7) is -2.96. The number of benzene rings is 7. The van der Waals surface area contributed by atoms with E-state index in [4.69, 9.17) is 6.30 Å². The van der Waals surface area contributed by atoms with Gasteiger partial charge in [0.25, 0.3) is 0 Å². The summed E-state index contributed by atoms with van der Waals surface area (Å²) >= 11 is 0. The van der Waals surface area contributed by atoms with Gasteiger partial charge in [0, 0.05) is 5.30 Å². The molecule has 0 aliphatic carbocycles. The molecule has 0 amide bonds. The molecule has 0 aromatic heterocycles. The van der Waals surface area contributed by atoms with Crippen LogP contribution in [-0.2, 0) is 0 Å². The van der Waals surface area contributed by atoms with Crippen LogP contribution in [0.3, 0.4) is 0 Å². The highest BCUT2D eigenvalue weighted by molar-refractivity contribution is 7.94. The Bertz CT molecular complexity index is 1970. The Balaban J connectivity index is 1.73. The molecule has 0 N–H and O–H groups in total. The van der Waals surface area contributed by atoms with Crippen molar-refractivity contribution in [2.24, 2.45) is 0 Å². The summed E-state index contributed by atoms with van der Waals surface area (Å²) in [4.78, 5) is 0. The summed E-state index contributed by atoms with van der Waals surface area (Å²) in [6, 6.07) is 41.7. The van der Waals surface area contributed by atoms with Gasteiger partial charge in [-0.15, -0.1) is 0 Å². The standard InChI is InChI=1S/C35H23F2P/c1-38(32-20-10-19-31(36)35(32)37,33-21-23-11-2-4-13-25(23)27-15-6-8-17-29(27)33)34-22-24-12-3-5-14-26(24)28-16-7-9-18-30(28)34/h2-22H,1H2. The first-order valence-corrected chi connectivity index (χ1v) is 14.5. The predicted molar refractivity (Wildman–Crippen MR) is 162 cm³/mol. The molecule has 182 valence electrons. The molecular weight excluding hydrogens is 489 g/mol. The molecule has 7 aromatic carbocycles. The summed E-state index contributed by atoms with van der Waals surface area (Å²) < 4.78 is 30.8. The zero-order valence-corrected chi connectivity index (χ0v) is 21.4. The monoisotopic (exact) mass is 512 g/mol. The third-order valence-corrected chi connectivity index (χ3v) is 11.2. The fraction of sp³-hybridized carbons (Fsp3) is 0. The third-order valence-electron chi connectivity index (χ3n) is 7.66. The first kappa shape index (κ1) is 22.9. The van der Waals surface area contributed by atoms with Crippen molar-refractivity contribution in [2.45, 2.75) is 0 Å². The smallest absolute Gasteiger partial charge is 0.167 e. The van der Waals surface area contributed by atoms with E-state index in [1.54, 1.807) is 12.1 Å². The largest absolute Gasteiger partial charge is 0.204 e. The van der Waals surface area contributed by atoms with Crippen LogP contribution in [0, 0.1) is 11.6 Å². The Morgan fingerprint density at radius 2 is 0.842 bits per heavy atom. The van der Waals surface area contributed by atoms with Gasteiger partial charge in [0.1, 0.15) is 0 Å². The van der Waals surface area contributed by atoms with E-state index in [-0.39, 0.29) is 0 Å². The lowest BCUT2D eigenvalue weighted by Crippen LogP contribution is -2.29. The highest BCUT2D eigenvalue weighted by Gasteiger charge is 2.31. The van der Waals surface area contributed by atoms with Crippen LogP contribution in [0.4, 0.5) is 8.78 Å². The second-order valence-corrected chi connectivity index (χ2v) is 12.8. The van der Waals surface area contributed by atoms with Gasteiger partial charge in [0.2, 0.25) is 0 Å². The Morgan fingerprint density at radius 3 is 1.34 bits per heavy atom. The third kappa shape index (κ3) is 3.27. The minimum absolute atomic E-state index is 0.318. The average molecular weight is 513 g/mol. The van der Waals surface area contributed by atoms with Crippen molar-refractivity contribution < 1.29 is 8.78 Å². The minimum Gasteiger partial charge on any atom is -0.204 e. The Labute approximate surface area is 219 Å². The molecule has 0 atom stereocenters. The van der Waals surface area contributed by atoms with Crippen molar-refractivity contribution in [1.82, 2.24) is 0 Å². The van der Waals surface area contributed by atoms with Gasteiger partial charge in [-0.25, -0.2) is 8.78 Å². The van der Waals surface area contributed by atoms with E-state index in [0.717, 1.165) is 53.7 Å².